The minimum atomic E-state index is 0.876. The molecule has 1 fully saturated rings. The summed E-state index contributed by atoms with van der Waals surface area (Å²) in [6.45, 7) is 12.2. The largest absolute Gasteiger partial charge is 0.0628 e. The zero-order valence-corrected chi connectivity index (χ0v) is 12.1. The Kier molecular flexibility index (Phi) is 5.86. The van der Waals surface area contributed by atoms with Gasteiger partial charge in [-0.25, -0.2) is 0 Å². The first-order chi connectivity index (χ1) is 7.50. The third-order valence-electron chi connectivity index (χ3n) is 4.69. The zero-order chi connectivity index (χ0) is 12.1. The van der Waals surface area contributed by atoms with Gasteiger partial charge in [0, 0.05) is 0 Å². The van der Waals surface area contributed by atoms with Crippen molar-refractivity contribution in [2.24, 2.45) is 29.6 Å². The Morgan fingerprint density at radius 1 is 1.00 bits per heavy atom. The Bertz CT molecular complexity index is 182. The van der Waals surface area contributed by atoms with Gasteiger partial charge in [-0.3, -0.25) is 0 Å². The van der Waals surface area contributed by atoms with Gasteiger partial charge in [0.05, 0.1) is 0 Å². The Balaban J connectivity index is 2.46. The summed E-state index contributed by atoms with van der Waals surface area (Å²) in [6.07, 6.45) is 8.76. The van der Waals surface area contributed by atoms with Crippen LogP contribution in [0.3, 0.4) is 0 Å². The van der Waals surface area contributed by atoms with E-state index >= 15 is 0 Å². The maximum absolute atomic E-state index is 2.50. The lowest BCUT2D eigenvalue weighted by Crippen LogP contribution is -2.20. The molecule has 0 heteroatoms. The number of rotatable bonds is 4. The fourth-order valence-electron chi connectivity index (χ4n) is 3.42. The molecule has 0 bridgehead atoms. The van der Waals surface area contributed by atoms with E-state index in [-0.39, 0.29) is 0 Å². The molecule has 0 aromatic carbocycles. The molecule has 16 heavy (non-hydrogen) atoms. The minimum Gasteiger partial charge on any atom is -0.0628 e. The molecule has 1 rings (SSSR count). The van der Waals surface area contributed by atoms with Crippen LogP contribution in [0.25, 0.3) is 0 Å². The Labute approximate surface area is 103 Å². The van der Waals surface area contributed by atoms with Gasteiger partial charge in [-0.1, -0.05) is 66.7 Å². The molecular weight excluding hydrogens is 192 g/mol. The Morgan fingerprint density at radius 2 is 1.69 bits per heavy atom. The summed E-state index contributed by atoms with van der Waals surface area (Å²) in [4.78, 5) is 0. The summed E-state index contributed by atoms with van der Waals surface area (Å²) in [5, 5.41) is 0. The lowest BCUT2D eigenvalue weighted by atomic mass is 9.76. The van der Waals surface area contributed by atoms with Crippen LogP contribution in [-0.2, 0) is 0 Å². The Hall–Kier alpha value is 0. The SMILES string of the molecule is CC(C)CCC(C)C1CC(C)CCCC1C. The van der Waals surface area contributed by atoms with Gasteiger partial charge in [-0.2, -0.15) is 0 Å². The first-order valence-electron chi connectivity index (χ1n) is 7.50. The maximum atomic E-state index is 2.50. The average molecular weight is 224 g/mol. The normalized spacial score (nSPS) is 33.8. The van der Waals surface area contributed by atoms with Crippen LogP contribution >= 0.6 is 0 Å². The monoisotopic (exact) mass is 224 g/mol. The molecule has 0 aromatic heterocycles. The predicted molar refractivity (Wildman–Crippen MR) is 73.5 cm³/mol. The molecule has 96 valence electrons. The van der Waals surface area contributed by atoms with Crippen molar-refractivity contribution in [3.8, 4) is 0 Å². The summed E-state index contributed by atoms with van der Waals surface area (Å²) >= 11 is 0. The van der Waals surface area contributed by atoms with Gasteiger partial charge in [0.25, 0.3) is 0 Å². The van der Waals surface area contributed by atoms with Crippen molar-refractivity contribution >= 4 is 0 Å². The second-order valence-corrected chi connectivity index (χ2v) is 6.86. The highest BCUT2D eigenvalue weighted by molar-refractivity contribution is 4.78. The maximum Gasteiger partial charge on any atom is -0.0360 e. The first-order valence-corrected chi connectivity index (χ1v) is 7.50. The molecule has 0 radical (unpaired) electrons. The lowest BCUT2D eigenvalue weighted by Gasteiger charge is -2.29. The van der Waals surface area contributed by atoms with Crippen LogP contribution in [-0.4, -0.2) is 0 Å². The van der Waals surface area contributed by atoms with Crippen LogP contribution in [0, 0.1) is 29.6 Å². The van der Waals surface area contributed by atoms with Gasteiger partial charge >= 0.3 is 0 Å². The molecule has 0 saturated heterocycles. The molecule has 0 N–H and O–H groups in total. The van der Waals surface area contributed by atoms with E-state index in [1.165, 1.54) is 38.5 Å². The van der Waals surface area contributed by atoms with Crippen LogP contribution in [0.4, 0.5) is 0 Å². The number of hydrogen-bond acceptors (Lipinski definition) is 0. The molecule has 1 aliphatic rings. The molecule has 1 aliphatic carbocycles. The smallest absolute Gasteiger partial charge is 0.0360 e. The molecule has 0 aromatic rings. The standard InChI is InChI=1S/C16H32/c1-12(2)9-10-15(5)16-11-13(3)7-6-8-14(16)4/h12-16H,6-11H2,1-5H3. The third kappa shape index (κ3) is 4.47. The average Bonchev–Trinajstić information content (AvgIpc) is 2.37. The molecular formula is C16H32. The van der Waals surface area contributed by atoms with Crippen molar-refractivity contribution in [2.75, 3.05) is 0 Å². The predicted octanol–water partition coefficient (Wildman–Crippen LogP) is 5.52. The van der Waals surface area contributed by atoms with E-state index in [4.69, 9.17) is 0 Å². The zero-order valence-electron chi connectivity index (χ0n) is 12.1. The lowest BCUT2D eigenvalue weighted by molar-refractivity contribution is 0.206. The van der Waals surface area contributed by atoms with Gasteiger partial charge in [0.1, 0.15) is 0 Å². The van der Waals surface area contributed by atoms with Gasteiger partial charge in [0.15, 0.2) is 0 Å². The fraction of sp³-hybridized carbons (Fsp3) is 1.00. The Morgan fingerprint density at radius 3 is 2.31 bits per heavy atom. The molecule has 4 unspecified atom stereocenters. The van der Waals surface area contributed by atoms with Crippen molar-refractivity contribution in [1.82, 2.24) is 0 Å². The fourth-order valence-corrected chi connectivity index (χ4v) is 3.42. The molecule has 1 saturated carbocycles. The van der Waals surface area contributed by atoms with E-state index in [2.05, 4.69) is 34.6 Å². The van der Waals surface area contributed by atoms with Crippen LogP contribution in [0.1, 0.15) is 73.1 Å². The van der Waals surface area contributed by atoms with Crippen LogP contribution in [0.15, 0.2) is 0 Å². The van der Waals surface area contributed by atoms with E-state index in [9.17, 15) is 0 Å². The van der Waals surface area contributed by atoms with Crippen molar-refractivity contribution in [3.63, 3.8) is 0 Å². The van der Waals surface area contributed by atoms with E-state index < -0.39 is 0 Å². The summed E-state index contributed by atoms with van der Waals surface area (Å²) in [7, 11) is 0. The van der Waals surface area contributed by atoms with Gasteiger partial charge in [-0.15, -0.1) is 0 Å². The third-order valence-corrected chi connectivity index (χ3v) is 4.69. The van der Waals surface area contributed by atoms with Crippen molar-refractivity contribution in [3.05, 3.63) is 0 Å². The summed E-state index contributed by atoms with van der Waals surface area (Å²) < 4.78 is 0. The molecule has 0 heterocycles. The highest BCUT2D eigenvalue weighted by atomic mass is 14.3. The van der Waals surface area contributed by atoms with Crippen molar-refractivity contribution in [2.45, 2.75) is 73.1 Å². The molecule has 4 atom stereocenters. The van der Waals surface area contributed by atoms with E-state index in [1.54, 1.807) is 0 Å². The second-order valence-electron chi connectivity index (χ2n) is 6.86. The first kappa shape index (κ1) is 14.1. The quantitative estimate of drug-likeness (QED) is 0.551. The van der Waals surface area contributed by atoms with Crippen LogP contribution in [0.5, 0.6) is 0 Å². The molecule has 0 aliphatic heterocycles. The summed E-state index contributed by atoms with van der Waals surface area (Å²) in [6, 6.07) is 0. The van der Waals surface area contributed by atoms with Crippen molar-refractivity contribution in [1.29, 1.82) is 0 Å². The summed E-state index contributed by atoms with van der Waals surface area (Å²) in [5.74, 6) is 4.75. The number of hydrogen-bond donors (Lipinski definition) is 0. The second kappa shape index (κ2) is 6.67. The van der Waals surface area contributed by atoms with Gasteiger partial charge in [-0.05, 0) is 36.0 Å². The van der Waals surface area contributed by atoms with Gasteiger partial charge < -0.3 is 0 Å². The highest BCUT2D eigenvalue weighted by Crippen LogP contribution is 2.38. The molecule has 0 amide bonds. The van der Waals surface area contributed by atoms with Crippen LogP contribution < -0.4 is 0 Å². The van der Waals surface area contributed by atoms with Crippen LogP contribution in [0.2, 0.25) is 0 Å². The highest BCUT2D eigenvalue weighted by Gasteiger charge is 2.27. The minimum absolute atomic E-state index is 0.876. The topological polar surface area (TPSA) is 0 Å². The van der Waals surface area contributed by atoms with E-state index in [0.29, 0.717) is 0 Å². The van der Waals surface area contributed by atoms with E-state index in [0.717, 1.165) is 29.6 Å². The summed E-state index contributed by atoms with van der Waals surface area (Å²) in [5.41, 5.74) is 0. The molecule has 0 nitrogen and oxygen atoms in total. The van der Waals surface area contributed by atoms with E-state index in [1.807, 2.05) is 0 Å². The molecule has 0 spiro atoms. The van der Waals surface area contributed by atoms with Gasteiger partial charge in [0.2, 0.25) is 0 Å². The van der Waals surface area contributed by atoms with Crippen molar-refractivity contribution < 1.29 is 0 Å².